The first-order valence-corrected chi connectivity index (χ1v) is 9.73. The van der Waals surface area contributed by atoms with Crippen LogP contribution in [0.3, 0.4) is 0 Å². The lowest BCUT2D eigenvalue weighted by molar-refractivity contribution is -0.121. The molecule has 0 radical (unpaired) electrons. The number of amides is 1. The summed E-state index contributed by atoms with van der Waals surface area (Å²) in [5.74, 6) is 0.803. The summed E-state index contributed by atoms with van der Waals surface area (Å²) in [6.45, 7) is 3.50. The molecule has 2 aromatic carbocycles. The number of imidazole rings is 1. The SMILES string of the molecule is O=C(CCC1CCNC1)NCc1cccc(Cn2cnc3ccccc32)c1. The second kappa shape index (κ2) is 8.35. The number of hydrogen-bond acceptors (Lipinski definition) is 3. The maximum atomic E-state index is 12.1. The second-order valence-electron chi connectivity index (χ2n) is 7.36. The third kappa shape index (κ3) is 4.55. The van der Waals surface area contributed by atoms with Crippen LogP contribution in [-0.2, 0) is 17.9 Å². The number of para-hydroxylation sites is 2. The molecule has 1 fully saturated rings. The molecule has 1 aliphatic heterocycles. The number of fused-ring (bicyclic) bond motifs is 1. The smallest absolute Gasteiger partial charge is 0.220 e. The number of rotatable bonds is 7. The minimum atomic E-state index is 0.146. The first kappa shape index (κ1) is 17.7. The predicted molar refractivity (Wildman–Crippen MR) is 107 cm³/mol. The molecule has 1 aliphatic rings. The Kier molecular flexibility index (Phi) is 5.49. The van der Waals surface area contributed by atoms with E-state index in [2.05, 4.69) is 50.5 Å². The van der Waals surface area contributed by atoms with Gasteiger partial charge in [0, 0.05) is 19.5 Å². The van der Waals surface area contributed by atoms with Crippen molar-refractivity contribution in [1.29, 1.82) is 0 Å². The molecule has 3 aromatic rings. The summed E-state index contributed by atoms with van der Waals surface area (Å²) in [6.07, 6.45) is 4.68. The Bertz CT molecular complexity index is 911. The van der Waals surface area contributed by atoms with Gasteiger partial charge < -0.3 is 15.2 Å². The fourth-order valence-electron chi connectivity index (χ4n) is 3.76. The summed E-state index contributed by atoms with van der Waals surface area (Å²) >= 11 is 0. The van der Waals surface area contributed by atoms with Crippen LogP contribution in [0, 0.1) is 5.92 Å². The van der Waals surface area contributed by atoms with Crippen molar-refractivity contribution in [2.45, 2.75) is 32.4 Å². The Morgan fingerprint density at radius 1 is 1.19 bits per heavy atom. The quantitative estimate of drug-likeness (QED) is 0.679. The van der Waals surface area contributed by atoms with Gasteiger partial charge in [0.05, 0.1) is 17.4 Å². The zero-order valence-electron chi connectivity index (χ0n) is 15.5. The van der Waals surface area contributed by atoms with Crippen LogP contribution in [0.15, 0.2) is 54.9 Å². The Morgan fingerprint density at radius 2 is 2.07 bits per heavy atom. The number of carbonyl (C=O) groups excluding carboxylic acids is 1. The third-order valence-corrected chi connectivity index (χ3v) is 5.30. The number of nitrogens with one attached hydrogen (secondary N) is 2. The lowest BCUT2D eigenvalue weighted by atomic mass is 10.0. The van der Waals surface area contributed by atoms with Crippen molar-refractivity contribution in [3.05, 3.63) is 66.0 Å². The number of benzene rings is 2. The summed E-state index contributed by atoms with van der Waals surface area (Å²) in [4.78, 5) is 16.6. The van der Waals surface area contributed by atoms with E-state index in [0.717, 1.165) is 42.7 Å². The van der Waals surface area contributed by atoms with Crippen molar-refractivity contribution < 1.29 is 4.79 Å². The monoisotopic (exact) mass is 362 g/mol. The Labute approximate surface area is 159 Å². The molecule has 1 amide bonds. The number of aromatic nitrogens is 2. The average molecular weight is 362 g/mol. The summed E-state index contributed by atoms with van der Waals surface area (Å²) in [5.41, 5.74) is 4.49. The molecule has 5 nitrogen and oxygen atoms in total. The average Bonchev–Trinajstić information content (AvgIpc) is 3.35. The molecule has 2 heterocycles. The van der Waals surface area contributed by atoms with Gasteiger partial charge in [-0.05, 0) is 55.1 Å². The molecule has 0 saturated carbocycles. The Morgan fingerprint density at radius 3 is 2.96 bits per heavy atom. The fraction of sp³-hybridized carbons (Fsp3) is 0.364. The number of carbonyl (C=O) groups is 1. The van der Waals surface area contributed by atoms with Crippen molar-refractivity contribution in [3.63, 3.8) is 0 Å². The zero-order chi connectivity index (χ0) is 18.5. The number of hydrogen-bond donors (Lipinski definition) is 2. The van der Waals surface area contributed by atoms with Gasteiger partial charge in [0.25, 0.3) is 0 Å². The Balaban J connectivity index is 1.32. The molecule has 0 spiro atoms. The van der Waals surface area contributed by atoms with E-state index in [1.807, 2.05) is 24.5 Å². The molecular formula is C22H26N4O. The van der Waals surface area contributed by atoms with Gasteiger partial charge in [0.2, 0.25) is 5.91 Å². The second-order valence-corrected chi connectivity index (χ2v) is 7.36. The molecule has 140 valence electrons. The van der Waals surface area contributed by atoms with Gasteiger partial charge in [-0.25, -0.2) is 4.98 Å². The zero-order valence-corrected chi connectivity index (χ0v) is 15.5. The van der Waals surface area contributed by atoms with Crippen LogP contribution in [0.1, 0.15) is 30.4 Å². The molecule has 0 bridgehead atoms. The van der Waals surface area contributed by atoms with Gasteiger partial charge in [-0.15, -0.1) is 0 Å². The predicted octanol–water partition coefficient (Wildman–Crippen LogP) is 3.09. The lowest BCUT2D eigenvalue weighted by Gasteiger charge is -2.10. The molecule has 1 aromatic heterocycles. The lowest BCUT2D eigenvalue weighted by Crippen LogP contribution is -2.23. The van der Waals surface area contributed by atoms with E-state index >= 15 is 0 Å². The van der Waals surface area contributed by atoms with E-state index in [9.17, 15) is 4.79 Å². The van der Waals surface area contributed by atoms with Crippen molar-refractivity contribution in [3.8, 4) is 0 Å². The van der Waals surface area contributed by atoms with Gasteiger partial charge >= 0.3 is 0 Å². The summed E-state index contributed by atoms with van der Waals surface area (Å²) in [6, 6.07) is 16.6. The maximum absolute atomic E-state index is 12.1. The highest BCUT2D eigenvalue weighted by atomic mass is 16.1. The molecule has 5 heteroatoms. The molecule has 1 unspecified atom stereocenters. The van der Waals surface area contributed by atoms with Gasteiger partial charge in [0.1, 0.15) is 0 Å². The standard InChI is InChI=1S/C22H26N4O/c27-22(9-8-17-10-11-23-13-17)24-14-18-4-3-5-19(12-18)15-26-16-25-20-6-1-2-7-21(20)26/h1-7,12,16-17,23H,8-11,13-15H2,(H,24,27). The van der Waals surface area contributed by atoms with Gasteiger partial charge in [-0.2, -0.15) is 0 Å². The van der Waals surface area contributed by atoms with Crippen LogP contribution in [0.4, 0.5) is 0 Å². The molecular weight excluding hydrogens is 336 g/mol. The van der Waals surface area contributed by atoms with Crippen LogP contribution in [0.2, 0.25) is 0 Å². The van der Waals surface area contributed by atoms with E-state index in [1.54, 1.807) is 0 Å². The van der Waals surface area contributed by atoms with E-state index in [4.69, 9.17) is 0 Å². The van der Waals surface area contributed by atoms with E-state index in [0.29, 0.717) is 18.9 Å². The molecule has 1 saturated heterocycles. The fourth-order valence-corrected chi connectivity index (χ4v) is 3.76. The first-order chi connectivity index (χ1) is 13.3. The summed E-state index contributed by atoms with van der Waals surface area (Å²) in [5, 5.41) is 6.41. The van der Waals surface area contributed by atoms with Gasteiger partial charge in [-0.1, -0.05) is 36.4 Å². The molecule has 0 aliphatic carbocycles. The van der Waals surface area contributed by atoms with Crippen LogP contribution in [0.5, 0.6) is 0 Å². The third-order valence-electron chi connectivity index (χ3n) is 5.30. The largest absolute Gasteiger partial charge is 0.352 e. The Hall–Kier alpha value is -2.66. The highest BCUT2D eigenvalue weighted by molar-refractivity contribution is 5.76. The van der Waals surface area contributed by atoms with Crippen LogP contribution >= 0.6 is 0 Å². The van der Waals surface area contributed by atoms with Crippen LogP contribution in [-0.4, -0.2) is 28.5 Å². The topological polar surface area (TPSA) is 59.0 Å². The minimum absolute atomic E-state index is 0.146. The molecule has 4 rings (SSSR count). The normalized spacial score (nSPS) is 16.7. The van der Waals surface area contributed by atoms with E-state index in [-0.39, 0.29) is 5.91 Å². The van der Waals surface area contributed by atoms with Crippen molar-refractivity contribution in [2.75, 3.05) is 13.1 Å². The molecule has 1 atom stereocenters. The summed E-state index contributed by atoms with van der Waals surface area (Å²) in [7, 11) is 0. The van der Waals surface area contributed by atoms with Gasteiger partial charge in [0.15, 0.2) is 0 Å². The van der Waals surface area contributed by atoms with E-state index in [1.165, 1.54) is 12.0 Å². The first-order valence-electron chi connectivity index (χ1n) is 9.73. The number of nitrogens with zero attached hydrogens (tertiary/aromatic N) is 2. The van der Waals surface area contributed by atoms with Gasteiger partial charge in [-0.3, -0.25) is 4.79 Å². The maximum Gasteiger partial charge on any atom is 0.220 e. The summed E-state index contributed by atoms with van der Waals surface area (Å²) < 4.78 is 2.16. The highest BCUT2D eigenvalue weighted by Gasteiger charge is 2.15. The van der Waals surface area contributed by atoms with E-state index < -0.39 is 0 Å². The van der Waals surface area contributed by atoms with Crippen molar-refractivity contribution in [2.24, 2.45) is 5.92 Å². The van der Waals surface area contributed by atoms with Crippen LogP contribution < -0.4 is 10.6 Å². The minimum Gasteiger partial charge on any atom is -0.352 e. The molecule has 2 N–H and O–H groups in total. The van der Waals surface area contributed by atoms with Crippen molar-refractivity contribution in [1.82, 2.24) is 20.2 Å². The molecule has 27 heavy (non-hydrogen) atoms. The van der Waals surface area contributed by atoms with Crippen LogP contribution in [0.25, 0.3) is 11.0 Å². The van der Waals surface area contributed by atoms with Crippen molar-refractivity contribution >= 4 is 16.9 Å². The highest BCUT2D eigenvalue weighted by Crippen LogP contribution is 2.16.